The van der Waals surface area contributed by atoms with Gasteiger partial charge in [0.25, 0.3) is 0 Å². The third-order valence-electron chi connectivity index (χ3n) is 4.60. The molecule has 142 valence electrons. The molecule has 1 aliphatic heterocycles. The van der Waals surface area contributed by atoms with Crippen molar-refractivity contribution in [3.8, 4) is 0 Å². The zero-order valence-corrected chi connectivity index (χ0v) is 15.9. The van der Waals surface area contributed by atoms with Crippen LogP contribution in [0.3, 0.4) is 0 Å². The van der Waals surface area contributed by atoms with E-state index < -0.39 is 0 Å². The van der Waals surface area contributed by atoms with Crippen molar-refractivity contribution in [1.82, 2.24) is 14.7 Å². The molecule has 7 nitrogen and oxygen atoms in total. The molecule has 1 aromatic heterocycles. The van der Waals surface area contributed by atoms with Crippen LogP contribution in [0.15, 0.2) is 43.2 Å². The van der Waals surface area contributed by atoms with Gasteiger partial charge in [-0.1, -0.05) is 18.2 Å². The minimum Gasteiger partial charge on any atom is -0.339 e. The summed E-state index contributed by atoms with van der Waals surface area (Å²) in [4.78, 5) is 25.6. The summed E-state index contributed by atoms with van der Waals surface area (Å²) in [6.07, 6.45) is 6.40. The largest absolute Gasteiger partial charge is 0.339 e. The third kappa shape index (κ3) is 4.68. The fourth-order valence-corrected chi connectivity index (χ4v) is 3.22. The van der Waals surface area contributed by atoms with E-state index in [2.05, 4.69) is 22.3 Å². The normalized spacial score (nSPS) is 14.7. The van der Waals surface area contributed by atoms with Crippen LogP contribution in [0, 0.1) is 6.92 Å². The zero-order chi connectivity index (χ0) is 19.4. The number of carbonyl (C=O) groups is 2. The number of aryl methyl sites for hydroxylation is 1. The van der Waals surface area contributed by atoms with Gasteiger partial charge in [0.15, 0.2) is 0 Å². The van der Waals surface area contributed by atoms with Gasteiger partial charge in [0.1, 0.15) is 0 Å². The predicted octanol–water partition coefficient (Wildman–Crippen LogP) is 3.84. The highest BCUT2D eigenvalue weighted by Gasteiger charge is 2.23. The fraction of sp³-hybridized carbons (Fsp3) is 0.316. The second-order valence-corrected chi connectivity index (χ2v) is 6.92. The molecule has 27 heavy (non-hydrogen) atoms. The van der Waals surface area contributed by atoms with Crippen molar-refractivity contribution < 1.29 is 9.59 Å². The van der Waals surface area contributed by atoms with Crippen molar-refractivity contribution in [1.29, 1.82) is 0 Å². The number of piperidine rings is 1. The van der Waals surface area contributed by atoms with Gasteiger partial charge in [-0.3, -0.25) is 9.48 Å². The van der Waals surface area contributed by atoms with E-state index in [-0.39, 0.29) is 18.0 Å². The quantitative estimate of drug-likeness (QED) is 0.782. The number of benzene rings is 1. The van der Waals surface area contributed by atoms with Crippen molar-refractivity contribution in [2.24, 2.45) is 0 Å². The van der Waals surface area contributed by atoms with Gasteiger partial charge >= 0.3 is 6.03 Å². The molecule has 2 aromatic rings. The number of anilines is 2. The number of aromatic nitrogens is 2. The summed E-state index contributed by atoms with van der Waals surface area (Å²) in [6.45, 7) is 6.75. The van der Waals surface area contributed by atoms with Crippen LogP contribution in [0.1, 0.15) is 24.4 Å². The molecule has 0 bridgehead atoms. The monoisotopic (exact) mass is 387 g/mol. The highest BCUT2D eigenvalue weighted by molar-refractivity contribution is 6.31. The molecule has 0 atom stereocenters. The summed E-state index contributed by atoms with van der Waals surface area (Å²) < 4.78 is 1.85. The molecule has 0 saturated carbocycles. The van der Waals surface area contributed by atoms with Crippen molar-refractivity contribution in [3.63, 3.8) is 0 Å². The van der Waals surface area contributed by atoms with Gasteiger partial charge in [0.05, 0.1) is 17.9 Å². The molecule has 2 N–H and O–H groups in total. The Bertz CT molecular complexity index is 856. The summed E-state index contributed by atoms with van der Waals surface area (Å²) in [5, 5.41) is 10.6. The summed E-state index contributed by atoms with van der Waals surface area (Å²) in [6, 6.07) is 5.16. The molecule has 1 aliphatic rings. The van der Waals surface area contributed by atoms with Gasteiger partial charge in [-0.15, -0.1) is 0 Å². The maximum Gasteiger partial charge on any atom is 0.323 e. The van der Waals surface area contributed by atoms with Crippen molar-refractivity contribution in [2.75, 3.05) is 23.7 Å². The number of carbonyl (C=O) groups excluding carboxylic acids is 2. The topological polar surface area (TPSA) is 79.3 Å². The minimum atomic E-state index is -0.345. The summed E-state index contributed by atoms with van der Waals surface area (Å²) in [5.41, 5.74) is 2.17. The Hall–Kier alpha value is -2.80. The SMILES string of the molecule is C=CC(=O)N1CCC(n2cc(NC(=O)Nc3ccc(Cl)c(C)c3)cn2)CC1. The van der Waals surface area contributed by atoms with Crippen molar-refractivity contribution in [3.05, 3.63) is 53.8 Å². The van der Waals surface area contributed by atoms with Gasteiger partial charge in [0, 0.05) is 30.0 Å². The molecule has 0 unspecified atom stereocenters. The molecule has 0 aliphatic carbocycles. The van der Waals surface area contributed by atoms with Crippen LogP contribution in [0.2, 0.25) is 5.02 Å². The summed E-state index contributed by atoms with van der Waals surface area (Å²) >= 11 is 5.99. The molecule has 2 heterocycles. The number of nitrogens with zero attached hydrogens (tertiary/aromatic N) is 3. The predicted molar refractivity (Wildman–Crippen MR) is 106 cm³/mol. The lowest BCUT2D eigenvalue weighted by molar-refractivity contribution is -0.127. The first-order valence-electron chi connectivity index (χ1n) is 8.76. The molecular formula is C19H22ClN5O2. The second kappa shape index (κ2) is 8.26. The molecule has 1 aromatic carbocycles. The Balaban J connectivity index is 1.55. The van der Waals surface area contributed by atoms with E-state index in [1.54, 1.807) is 23.2 Å². The first kappa shape index (κ1) is 19.0. The number of amides is 3. The van der Waals surface area contributed by atoms with Crippen molar-refractivity contribution in [2.45, 2.75) is 25.8 Å². The maximum absolute atomic E-state index is 12.2. The van der Waals surface area contributed by atoms with Crippen LogP contribution in [-0.4, -0.2) is 39.7 Å². The second-order valence-electron chi connectivity index (χ2n) is 6.51. The van der Waals surface area contributed by atoms with Gasteiger partial charge in [-0.25, -0.2) is 4.79 Å². The summed E-state index contributed by atoms with van der Waals surface area (Å²) in [5.74, 6) is -0.0367. The number of urea groups is 1. The number of halogens is 1. The molecule has 3 rings (SSSR count). The maximum atomic E-state index is 12.2. The third-order valence-corrected chi connectivity index (χ3v) is 5.02. The number of likely N-dealkylation sites (tertiary alicyclic amines) is 1. The van der Waals surface area contributed by atoms with Crippen LogP contribution in [0.25, 0.3) is 0 Å². The Morgan fingerprint density at radius 3 is 2.63 bits per heavy atom. The van der Waals surface area contributed by atoms with Crippen molar-refractivity contribution >= 4 is 34.9 Å². The number of nitrogens with one attached hydrogen (secondary N) is 2. The molecular weight excluding hydrogens is 366 g/mol. The lowest BCUT2D eigenvalue weighted by atomic mass is 10.1. The average molecular weight is 388 g/mol. The van der Waals surface area contributed by atoms with E-state index in [0.717, 1.165) is 18.4 Å². The molecule has 3 amide bonds. The van der Waals surface area contributed by atoms with Crippen LogP contribution in [-0.2, 0) is 4.79 Å². The first-order valence-corrected chi connectivity index (χ1v) is 9.13. The molecule has 8 heteroatoms. The lowest BCUT2D eigenvalue weighted by Gasteiger charge is -2.31. The van der Waals surface area contributed by atoms with E-state index in [1.165, 1.54) is 6.08 Å². The van der Waals surface area contributed by atoms with Crippen LogP contribution in [0.4, 0.5) is 16.2 Å². The van der Waals surface area contributed by atoms with Gasteiger partial charge in [-0.05, 0) is 49.6 Å². The number of hydrogen-bond acceptors (Lipinski definition) is 3. The number of rotatable bonds is 4. The Morgan fingerprint density at radius 2 is 1.96 bits per heavy atom. The Morgan fingerprint density at radius 1 is 1.26 bits per heavy atom. The summed E-state index contributed by atoms with van der Waals surface area (Å²) in [7, 11) is 0. The van der Waals surface area contributed by atoms with Crippen LogP contribution < -0.4 is 10.6 Å². The minimum absolute atomic E-state index is 0.0367. The molecule has 0 radical (unpaired) electrons. The van der Waals surface area contributed by atoms with E-state index in [0.29, 0.717) is 29.5 Å². The molecule has 0 spiro atoms. The smallest absolute Gasteiger partial charge is 0.323 e. The zero-order valence-electron chi connectivity index (χ0n) is 15.1. The van der Waals surface area contributed by atoms with Gasteiger partial charge in [-0.2, -0.15) is 5.10 Å². The van der Waals surface area contributed by atoms with E-state index >= 15 is 0 Å². The van der Waals surface area contributed by atoms with E-state index in [1.807, 2.05) is 23.9 Å². The lowest BCUT2D eigenvalue weighted by Crippen LogP contribution is -2.38. The van der Waals surface area contributed by atoms with E-state index in [4.69, 9.17) is 11.6 Å². The highest BCUT2D eigenvalue weighted by Crippen LogP contribution is 2.24. The average Bonchev–Trinajstić information content (AvgIpc) is 3.12. The van der Waals surface area contributed by atoms with E-state index in [9.17, 15) is 9.59 Å². The molecule has 1 fully saturated rings. The Kier molecular flexibility index (Phi) is 5.81. The molecule has 1 saturated heterocycles. The standard InChI is InChI=1S/C19H22ClN5O2/c1-3-18(26)24-8-6-16(7-9-24)25-12-15(11-21-25)23-19(27)22-14-4-5-17(20)13(2)10-14/h3-5,10-12,16H,1,6-9H2,2H3,(H2,22,23,27). The van der Waals surface area contributed by atoms with Crippen LogP contribution >= 0.6 is 11.6 Å². The Labute approximate surface area is 163 Å². The van der Waals surface area contributed by atoms with Gasteiger partial charge < -0.3 is 15.5 Å². The first-order chi connectivity index (χ1) is 13.0. The van der Waals surface area contributed by atoms with Gasteiger partial charge in [0.2, 0.25) is 5.91 Å². The highest BCUT2D eigenvalue weighted by atomic mass is 35.5. The number of hydrogen-bond donors (Lipinski definition) is 2. The van der Waals surface area contributed by atoms with Crippen LogP contribution in [0.5, 0.6) is 0 Å². The fourth-order valence-electron chi connectivity index (χ4n) is 3.10.